The molecule has 0 heterocycles. The summed E-state index contributed by atoms with van der Waals surface area (Å²) in [5.41, 5.74) is -0.686. The lowest BCUT2D eigenvalue weighted by Crippen LogP contribution is -2.17. The maximum atomic E-state index is 13.4. The summed E-state index contributed by atoms with van der Waals surface area (Å²) in [7, 11) is 0. The van der Waals surface area contributed by atoms with Gasteiger partial charge in [0.2, 0.25) is 0 Å². The number of carbonyl (C=O) groups excluding carboxylic acids is 1. The number of carbonyl (C=O) groups is 2. The van der Waals surface area contributed by atoms with Gasteiger partial charge in [-0.1, -0.05) is 11.6 Å². The standard InChI is InChI=1S/C12H10ClF2NO3/c1-5(6(2)12(18)19)11(17)16-10-8(13)3-7(14)4-9(10)15/h3-4H,1-2H3,(H,16,17)(H,18,19). The summed E-state index contributed by atoms with van der Waals surface area (Å²) in [6.07, 6.45) is 0. The van der Waals surface area contributed by atoms with Crippen molar-refractivity contribution in [1.82, 2.24) is 0 Å². The first-order chi connectivity index (χ1) is 8.73. The third-order valence-corrected chi connectivity index (χ3v) is 2.77. The predicted octanol–water partition coefficient (Wildman–Crippen LogP) is 2.98. The topological polar surface area (TPSA) is 66.4 Å². The van der Waals surface area contributed by atoms with Gasteiger partial charge in [0.05, 0.1) is 10.7 Å². The Morgan fingerprint density at radius 3 is 2.26 bits per heavy atom. The fourth-order valence-corrected chi connectivity index (χ4v) is 1.44. The van der Waals surface area contributed by atoms with Crippen LogP contribution in [0.25, 0.3) is 0 Å². The van der Waals surface area contributed by atoms with Crippen LogP contribution in [0.5, 0.6) is 0 Å². The summed E-state index contributed by atoms with van der Waals surface area (Å²) in [6, 6.07) is 1.40. The van der Waals surface area contributed by atoms with E-state index in [1.165, 1.54) is 13.8 Å². The van der Waals surface area contributed by atoms with E-state index in [-0.39, 0.29) is 16.2 Å². The average molecular weight is 290 g/mol. The van der Waals surface area contributed by atoms with Gasteiger partial charge >= 0.3 is 5.97 Å². The van der Waals surface area contributed by atoms with Crippen molar-refractivity contribution in [2.45, 2.75) is 13.8 Å². The second-order valence-corrected chi connectivity index (χ2v) is 4.16. The number of hydrogen-bond donors (Lipinski definition) is 2. The monoisotopic (exact) mass is 289 g/mol. The van der Waals surface area contributed by atoms with Gasteiger partial charge in [-0.3, -0.25) is 4.79 Å². The maximum Gasteiger partial charge on any atom is 0.331 e. The zero-order valence-electron chi connectivity index (χ0n) is 10.1. The van der Waals surface area contributed by atoms with Crippen molar-refractivity contribution >= 4 is 29.2 Å². The van der Waals surface area contributed by atoms with E-state index in [1.807, 2.05) is 0 Å². The maximum absolute atomic E-state index is 13.4. The molecule has 0 aromatic heterocycles. The molecule has 1 aromatic carbocycles. The van der Waals surface area contributed by atoms with Crippen molar-refractivity contribution in [3.63, 3.8) is 0 Å². The van der Waals surface area contributed by atoms with Crippen LogP contribution in [0.15, 0.2) is 23.3 Å². The molecule has 0 aliphatic rings. The quantitative estimate of drug-likeness (QED) is 0.841. The lowest BCUT2D eigenvalue weighted by Gasteiger charge is -2.09. The largest absolute Gasteiger partial charge is 0.478 e. The number of rotatable bonds is 3. The number of halogens is 3. The molecule has 0 bridgehead atoms. The first-order valence-corrected chi connectivity index (χ1v) is 5.48. The van der Waals surface area contributed by atoms with E-state index in [0.717, 1.165) is 6.07 Å². The van der Waals surface area contributed by atoms with Crippen molar-refractivity contribution in [3.8, 4) is 0 Å². The highest BCUT2D eigenvalue weighted by Crippen LogP contribution is 2.26. The van der Waals surface area contributed by atoms with Gasteiger partial charge in [-0.25, -0.2) is 13.6 Å². The average Bonchev–Trinajstić information content (AvgIpc) is 2.31. The van der Waals surface area contributed by atoms with Gasteiger partial charge in [0.25, 0.3) is 5.91 Å². The highest BCUT2D eigenvalue weighted by atomic mass is 35.5. The van der Waals surface area contributed by atoms with Crippen LogP contribution in [-0.2, 0) is 9.59 Å². The fourth-order valence-electron chi connectivity index (χ4n) is 1.20. The van der Waals surface area contributed by atoms with Crippen LogP contribution in [0.4, 0.5) is 14.5 Å². The Hall–Kier alpha value is -1.95. The number of carboxylic acids is 1. The van der Waals surface area contributed by atoms with Crippen LogP contribution in [0, 0.1) is 11.6 Å². The lowest BCUT2D eigenvalue weighted by molar-refractivity contribution is -0.133. The van der Waals surface area contributed by atoms with Crippen LogP contribution in [0.3, 0.4) is 0 Å². The van der Waals surface area contributed by atoms with Gasteiger partial charge in [0.15, 0.2) is 5.82 Å². The third-order valence-electron chi connectivity index (χ3n) is 2.47. The van der Waals surface area contributed by atoms with Gasteiger partial charge in [-0.15, -0.1) is 0 Å². The van der Waals surface area contributed by atoms with Crippen LogP contribution in [0.2, 0.25) is 5.02 Å². The Kier molecular flexibility index (Phi) is 4.61. The van der Waals surface area contributed by atoms with E-state index in [9.17, 15) is 18.4 Å². The zero-order valence-corrected chi connectivity index (χ0v) is 10.8. The van der Waals surface area contributed by atoms with Crippen molar-refractivity contribution in [2.75, 3.05) is 5.32 Å². The van der Waals surface area contributed by atoms with E-state index in [2.05, 4.69) is 5.32 Å². The summed E-state index contributed by atoms with van der Waals surface area (Å²) >= 11 is 5.60. The zero-order chi connectivity index (χ0) is 14.7. The number of aliphatic carboxylic acids is 1. The molecule has 1 rings (SSSR count). The summed E-state index contributed by atoms with van der Waals surface area (Å²) in [4.78, 5) is 22.4. The second-order valence-electron chi connectivity index (χ2n) is 3.75. The number of benzene rings is 1. The Labute approximate surface area is 112 Å². The van der Waals surface area contributed by atoms with Crippen LogP contribution in [0.1, 0.15) is 13.8 Å². The first-order valence-electron chi connectivity index (χ1n) is 5.10. The van der Waals surface area contributed by atoms with Gasteiger partial charge in [-0.2, -0.15) is 0 Å². The van der Waals surface area contributed by atoms with E-state index >= 15 is 0 Å². The highest BCUT2D eigenvalue weighted by molar-refractivity contribution is 6.34. The highest BCUT2D eigenvalue weighted by Gasteiger charge is 2.17. The van der Waals surface area contributed by atoms with E-state index < -0.39 is 29.2 Å². The van der Waals surface area contributed by atoms with Gasteiger partial charge < -0.3 is 10.4 Å². The van der Waals surface area contributed by atoms with Gasteiger partial charge in [0.1, 0.15) is 5.82 Å². The van der Waals surface area contributed by atoms with Crippen LogP contribution < -0.4 is 5.32 Å². The fraction of sp³-hybridized carbons (Fsp3) is 0.167. The molecule has 0 aliphatic carbocycles. The lowest BCUT2D eigenvalue weighted by atomic mass is 10.1. The Morgan fingerprint density at radius 1 is 1.21 bits per heavy atom. The SMILES string of the molecule is CC(C(=O)O)=C(C)C(=O)Nc1c(F)cc(F)cc1Cl. The predicted molar refractivity (Wildman–Crippen MR) is 66.0 cm³/mol. The molecule has 0 aliphatic heterocycles. The first kappa shape index (κ1) is 15.1. The molecule has 19 heavy (non-hydrogen) atoms. The Morgan fingerprint density at radius 2 is 1.79 bits per heavy atom. The normalized spacial score (nSPS) is 11.8. The molecule has 2 N–H and O–H groups in total. The number of hydrogen-bond acceptors (Lipinski definition) is 2. The molecule has 7 heteroatoms. The second kappa shape index (κ2) is 5.79. The minimum Gasteiger partial charge on any atom is -0.478 e. The van der Waals surface area contributed by atoms with Crippen molar-refractivity contribution in [3.05, 3.63) is 39.9 Å². The van der Waals surface area contributed by atoms with Crippen molar-refractivity contribution in [1.29, 1.82) is 0 Å². The summed E-state index contributed by atoms with van der Waals surface area (Å²) in [5.74, 6) is -4.01. The Balaban J connectivity index is 3.08. The molecular weight excluding hydrogens is 280 g/mol. The summed E-state index contributed by atoms with van der Waals surface area (Å²) in [5, 5.41) is 10.5. The number of anilines is 1. The molecule has 0 fully saturated rings. The van der Waals surface area contributed by atoms with Gasteiger partial charge in [0, 0.05) is 17.2 Å². The minimum atomic E-state index is -1.27. The number of carboxylic acid groups (broad SMARTS) is 1. The number of nitrogens with one attached hydrogen (secondary N) is 1. The summed E-state index contributed by atoms with van der Waals surface area (Å²) < 4.78 is 26.2. The van der Waals surface area contributed by atoms with Crippen molar-refractivity contribution < 1.29 is 23.5 Å². The van der Waals surface area contributed by atoms with Crippen LogP contribution in [-0.4, -0.2) is 17.0 Å². The molecule has 0 saturated heterocycles. The molecule has 1 amide bonds. The van der Waals surface area contributed by atoms with E-state index in [4.69, 9.17) is 16.7 Å². The van der Waals surface area contributed by atoms with Crippen molar-refractivity contribution in [2.24, 2.45) is 0 Å². The van der Waals surface area contributed by atoms with Crippen LogP contribution >= 0.6 is 11.6 Å². The molecule has 102 valence electrons. The minimum absolute atomic E-state index is 0.104. The smallest absolute Gasteiger partial charge is 0.331 e. The molecule has 0 saturated carbocycles. The molecular formula is C12H10ClF2NO3. The van der Waals surface area contributed by atoms with E-state index in [0.29, 0.717) is 6.07 Å². The van der Waals surface area contributed by atoms with E-state index in [1.54, 1.807) is 0 Å². The third kappa shape index (κ3) is 3.51. The molecule has 0 radical (unpaired) electrons. The molecule has 0 atom stereocenters. The number of amides is 1. The summed E-state index contributed by atoms with van der Waals surface area (Å²) in [6.45, 7) is 2.51. The molecule has 1 aromatic rings. The van der Waals surface area contributed by atoms with Gasteiger partial charge in [-0.05, 0) is 19.9 Å². The molecule has 0 unspecified atom stereocenters. The molecule has 0 spiro atoms. The molecule has 4 nitrogen and oxygen atoms in total. The Bertz CT molecular complexity index is 561.